The molecule has 0 amide bonds. The molecule has 0 aromatic rings. The Morgan fingerprint density at radius 3 is 2.32 bits per heavy atom. The fraction of sp³-hybridized carbons (Fsp3) is 0.867. The zero-order chi connectivity index (χ0) is 14.9. The Kier molecular flexibility index (Phi) is 8.85. The Labute approximate surface area is 116 Å². The largest absolute Gasteiger partial charge is 0.375 e. The van der Waals surface area contributed by atoms with E-state index in [4.69, 9.17) is 9.47 Å². The fourth-order valence-electron chi connectivity index (χ4n) is 2.20. The van der Waals surface area contributed by atoms with E-state index in [2.05, 4.69) is 0 Å². The number of Topliss-reactive ketones (excluding diaryl/α,β-unsaturated/α-hetero) is 1. The van der Waals surface area contributed by atoms with Gasteiger partial charge in [-0.25, -0.2) is 0 Å². The van der Waals surface area contributed by atoms with Crippen LogP contribution in [-0.2, 0) is 19.1 Å². The van der Waals surface area contributed by atoms with Crippen molar-refractivity contribution in [2.75, 3.05) is 13.2 Å². The van der Waals surface area contributed by atoms with Gasteiger partial charge in [0.25, 0.3) is 0 Å². The van der Waals surface area contributed by atoms with Crippen LogP contribution >= 0.6 is 0 Å². The Morgan fingerprint density at radius 2 is 1.89 bits per heavy atom. The molecule has 4 nitrogen and oxygen atoms in total. The minimum absolute atomic E-state index is 0.0170. The van der Waals surface area contributed by atoms with Crippen LogP contribution < -0.4 is 0 Å². The highest BCUT2D eigenvalue weighted by Gasteiger charge is 2.41. The van der Waals surface area contributed by atoms with Crippen LogP contribution in [0.25, 0.3) is 0 Å². The van der Waals surface area contributed by atoms with Crippen LogP contribution in [0.1, 0.15) is 53.9 Å². The number of hydrogen-bond donors (Lipinski definition) is 0. The molecule has 0 spiro atoms. The van der Waals surface area contributed by atoms with E-state index in [-0.39, 0.29) is 17.8 Å². The molecule has 0 bridgehead atoms. The molecule has 0 saturated heterocycles. The summed E-state index contributed by atoms with van der Waals surface area (Å²) in [5.74, 6) is -0.0784. The van der Waals surface area contributed by atoms with Gasteiger partial charge in [-0.05, 0) is 33.6 Å². The monoisotopic (exact) mass is 272 g/mol. The Hall–Kier alpha value is -0.740. The van der Waals surface area contributed by atoms with E-state index >= 15 is 0 Å². The lowest BCUT2D eigenvalue weighted by atomic mass is 9.87. The van der Waals surface area contributed by atoms with Crippen molar-refractivity contribution in [2.24, 2.45) is 5.92 Å². The number of rotatable bonds is 11. The third-order valence-electron chi connectivity index (χ3n) is 3.41. The van der Waals surface area contributed by atoms with Crippen LogP contribution in [0.3, 0.4) is 0 Å². The number of hydrogen-bond acceptors (Lipinski definition) is 4. The molecule has 0 saturated carbocycles. The quantitative estimate of drug-likeness (QED) is 0.543. The van der Waals surface area contributed by atoms with Gasteiger partial charge in [0, 0.05) is 25.6 Å². The standard InChI is InChI=1S/C15H28O4/c1-6-14(18-7-2)15(5,19-8-3)13(17)10-9-12(4)11-16/h11-12,14H,6-10H2,1-5H3. The second-order valence-electron chi connectivity index (χ2n) is 4.97. The number of ketones is 1. The molecule has 0 aliphatic heterocycles. The summed E-state index contributed by atoms with van der Waals surface area (Å²) in [5, 5.41) is 0. The van der Waals surface area contributed by atoms with E-state index in [0.717, 1.165) is 12.7 Å². The second-order valence-corrected chi connectivity index (χ2v) is 4.97. The normalized spacial score (nSPS) is 17.5. The van der Waals surface area contributed by atoms with Gasteiger partial charge in [-0.1, -0.05) is 13.8 Å². The van der Waals surface area contributed by atoms with Gasteiger partial charge >= 0.3 is 0 Å². The van der Waals surface area contributed by atoms with Gasteiger partial charge in [-0.15, -0.1) is 0 Å². The van der Waals surface area contributed by atoms with Crippen molar-refractivity contribution in [2.45, 2.75) is 65.6 Å². The van der Waals surface area contributed by atoms with E-state index in [1.807, 2.05) is 27.7 Å². The molecule has 0 heterocycles. The first-order valence-electron chi connectivity index (χ1n) is 7.20. The van der Waals surface area contributed by atoms with Gasteiger partial charge in [-0.3, -0.25) is 4.79 Å². The second kappa shape index (κ2) is 9.21. The third kappa shape index (κ3) is 5.41. The molecular formula is C15H28O4. The van der Waals surface area contributed by atoms with Gasteiger partial charge in [0.2, 0.25) is 0 Å². The molecule has 112 valence electrons. The summed E-state index contributed by atoms with van der Waals surface area (Å²) in [5.41, 5.74) is -0.915. The average molecular weight is 272 g/mol. The van der Waals surface area contributed by atoms with Gasteiger partial charge in [0.15, 0.2) is 5.78 Å². The molecule has 0 radical (unpaired) electrons. The number of aldehydes is 1. The van der Waals surface area contributed by atoms with Crippen LogP contribution in [0.5, 0.6) is 0 Å². The molecule has 3 unspecified atom stereocenters. The first-order chi connectivity index (χ1) is 8.96. The molecule has 0 aromatic carbocycles. The lowest BCUT2D eigenvalue weighted by Gasteiger charge is -2.35. The van der Waals surface area contributed by atoms with Crippen molar-refractivity contribution < 1.29 is 19.1 Å². The van der Waals surface area contributed by atoms with E-state index in [9.17, 15) is 9.59 Å². The zero-order valence-corrected chi connectivity index (χ0v) is 12.9. The molecular weight excluding hydrogens is 244 g/mol. The van der Waals surface area contributed by atoms with Crippen molar-refractivity contribution in [3.05, 3.63) is 0 Å². The maximum absolute atomic E-state index is 12.4. The van der Waals surface area contributed by atoms with Crippen molar-refractivity contribution >= 4 is 12.1 Å². The van der Waals surface area contributed by atoms with Crippen LogP contribution in [-0.4, -0.2) is 37.0 Å². The smallest absolute Gasteiger partial charge is 0.167 e. The Balaban J connectivity index is 4.82. The maximum atomic E-state index is 12.4. The van der Waals surface area contributed by atoms with Gasteiger partial charge in [0.05, 0.1) is 6.10 Å². The van der Waals surface area contributed by atoms with Crippen molar-refractivity contribution in [1.29, 1.82) is 0 Å². The minimum Gasteiger partial charge on any atom is -0.375 e. The highest BCUT2D eigenvalue weighted by atomic mass is 16.6. The molecule has 0 aromatic heterocycles. The van der Waals surface area contributed by atoms with Gasteiger partial charge < -0.3 is 14.3 Å². The molecule has 0 aliphatic carbocycles. The molecule has 3 atom stereocenters. The predicted molar refractivity (Wildman–Crippen MR) is 75.2 cm³/mol. The van der Waals surface area contributed by atoms with Crippen molar-refractivity contribution in [3.8, 4) is 0 Å². The number of carbonyl (C=O) groups excluding carboxylic acids is 2. The molecule has 4 heteroatoms. The summed E-state index contributed by atoms with van der Waals surface area (Å²) in [7, 11) is 0. The molecule has 19 heavy (non-hydrogen) atoms. The molecule has 0 N–H and O–H groups in total. The lowest BCUT2D eigenvalue weighted by Crippen LogP contribution is -2.50. The third-order valence-corrected chi connectivity index (χ3v) is 3.41. The van der Waals surface area contributed by atoms with Crippen LogP contribution in [0.4, 0.5) is 0 Å². The molecule has 0 fully saturated rings. The Bertz CT molecular complexity index is 277. The summed E-state index contributed by atoms with van der Waals surface area (Å²) < 4.78 is 11.3. The topological polar surface area (TPSA) is 52.6 Å². The Morgan fingerprint density at radius 1 is 1.26 bits per heavy atom. The predicted octanol–water partition coefficient (Wildman–Crippen LogP) is 2.78. The zero-order valence-electron chi connectivity index (χ0n) is 12.9. The summed E-state index contributed by atoms with van der Waals surface area (Å²) in [6.07, 6.45) is 2.27. The van der Waals surface area contributed by atoms with Crippen molar-refractivity contribution in [1.82, 2.24) is 0 Å². The summed E-state index contributed by atoms with van der Waals surface area (Å²) in [4.78, 5) is 23.0. The van der Waals surface area contributed by atoms with Crippen LogP contribution in [0.15, 0.2) is 0 Å². The van der Waals surface area contributed by atoms with E-state index < -0.39 is 5.60 Å². The minimum atomic E-state index is -0.915. The van der Waals surface area contributed by atoms with Crippen molar-refractivity contribution in [3.63, 3.8) is 0 Å². The van der Waals surface area contributed by atoms with E-state index in [1.54, 1.807) is 6.92 Å². The van der Waals surface area contributed by atoms with Crippen LogP contribution in [0, 0.1) is 5.92 Å². The average Bonchev–Trinajstić information content (AvgIpc) is 2.41. The maximum Gasteiger partial charge on any atom is 0.167 e. The SMILES string of the molecule is CCOC(CC)C(C)(OCC)C(=O)CCC(C)C=O. The summed E-state index contributed by atoms with van der Waals surface area (Å²) >= 11 is 0. The van der Waals surface area contributed by atoms with Gasteiger partial charge in [0.1, 0.15) is 11.9 Å². The highest BCUT2D eigenvalue weighted by Crippen LogP contribution is 2.25. The first-order valence-corrected chi connectivity index (χ1v) is 7.20. The first kappa shape index (κ1) is 18.3. The van der Waals surface area contributed by atoms with E-state index in [1.165, 1.54) is 0 Å². The molecule has 0 aliphatic rings. The van der Waals surface area contributed by atoms with E-state index in [0.29, 0.717) is 26.1 Å². The lowest BCUT2D eigenvalue weighted by molar-refractivity contribution is -0.166. The van der Waals surface area contributed by atoms with Gasteiger partial charge in [-0.2, -0.15) is 0 Å². The number of carbonyl (C=O) groups is 2. The highest BCUT2D eigenvalue weighted by molar-refractivity contribution is 5.87. The molecule has 0 rings (SSSR count). The summed E-state index contributed by atoms with van der Waals surface area (Å²) in [6, 6.07) is 0. The van der Waals surface area contributed by atoms with Crippen LogP contribution in [0.2, 0.25) is 0 Å². The number of ether oxygens (including phenoxy) is 2. The summed E-state index contributed by atoms with van der Waals surface area (Å²) in [6.45, 7) is 10.4. The fourth-order valence-corrected chi connectivity index (χ4v) is 2.20.